The lowest BCUT2D eigenvalue weighted by Gasteiger charge is -1.79. The van der Waals surface area contributed by atoms with Gasteiger partial charge in [-0.05, 0) is 0 Å². The van der Waals surface area contributed by atoms with E-state index in [1.165, 1.54) is 0 Å². The van der Waals surface area contributed by atoms with Crippen LogP contribution in [0.1, 0.15) is 6.42 Å². The number of carboxylic acids is 3. The van der Waals surface area contributed by atoms with Crippen LogP contribution in [0.25, 0.3) is 0 Å². The SMILES string of the molecule is O=C(O)CCS.O=C(O)CS.O=C(O)CS. The summed E-state index contributed by atoms with van der Waals surface area (Å²) in [6.07, 6.45) is 0.156. The number of aliphatic carboxylic acids is 3. The molecule has 0 aromatic heterocycles. The molecule has 0 unspecified atom stereocenters. The van der Waals surface area contributed by atoms with Crippen molar-refractivity contribution in [2.45, 2.75) is 6.42 Å². The van der Waals surface area contributed by atoms with Gasteiger partial charge < -0.3 is 15.3 Å². The Morgan fingerprint density at radius 3 is 1.00 bits per heavy atom. The van der Waals surface area contributed by atoms with E-state index in [2.05, 4.69) is 37.9 Å². The predicted octanol–water partition coefficient (Wildman–Crippen LogP) is 0.392. The smallest absolute Gasteiger partial charge is 0.313 e. The van der Waals surface area contributed by atoms with Gasteiger partial charge in [0.15, 0.2) is 0 Å². The summed E-state index contributed by atoms with van der Waals surface area (Å²) in [6.45, 7) is 0. The summed E-state index contributed by atoms with van der Waals surface area (Å²) in [4.78, 5) is 28.1. The minimum Gasteiger partial charge on any atom is -0.481 e. The second kappa shape index (κ2) is 16.9. The van der Waals surface area contributed by atoms with Crippen LogP contribution in [0.3, 0.4) is 0 Å². The maximum Gasteiger partial charge on any atom is 0.313 e. The number of hydrogen-bond acceptors (Lipinski definition) is 6. The second-order valence-electron chi connectivity index (χ2n) is 1.97. The van der Waals surface area contributed by atoms with E-state index in [4.69, 9.17) is 15.3 Å². The Bertz CT molecular complexity index is 194. The zero-order chi connectivity index (χ0) is 13.6. The van der Waals surface area contributed by atoms with E-state index in [-0.39, 0.29) is 17.9 Å². The standard InChI is InChI=1S/C3H6O2S.2C2H4O2S/c4-3(5)1-2-6;2*3-2(4)1-5/h6H,1-2H2,(H,4,5);2*5H,1H2,(H,3,4). The first-order valence-electron chi connectivity index (χ1n) is 3.79. The summed E-state index contributed by atoms with van der Waals surface area (Å²) in [5.74, 6) is -2.29. The lowest BCUT2D eigenvalue weighted by atomic mass is 10.5. The van der Waals surface area contributed by atoms with Gasteiger partial charge in [-0.15, -0.1) is 0 Å². The highest BCUT2D eigenvalue weighted by atomic mass is 32.1. The molecule has 0 saturated carbocycles. The highest BCUT2D eigenvalue weighted by molar-refractivity contribution is 7.81. The molecule has 0 aliphatic heterocycles. The van der Waals surface area contributed by atoms with E-state index >= 15 is 0 Å². The van der Waals surface area contributed by atoms with E-state index < -0.39 is 17.9 Å². The maximum atomic E-state index is 9.55. The molecule has 0 spiro atoms. The molecule has 0 atom stereocenters. The van der Waals surface area contributed by atoms with E-state index in [1.807, 2.05) is 0 Å². The van der Waals surface area contributed by atoms with Gasteiger partial charge in [0.2, 0.25) is 0 Å². The van der Waals surface area contributed by atoms with Crippen LogP contribution >= 0.6 is 37.9 Å². The maximum absolute atomic E-state index is 9.55. The van der Waals surface area contributed by atoms with Gasteiger partial charge in [-0.1, -0.05) is 0 Å². The summed E-state index contributed by atoms with van der Waals surface area (Å²) >= 11 is 10.5. The third kappa shape index (κ3) is 50.1. The molecule has 3 N–H and O–H groups in total. The molecule has 0 heterocycles. The largest absolute Gasteiger partial charge is 0.481 e. The molecule has 0 rings (SSSR count). The molecule has 0 aliphatic carbocycles. The average Bonchev–Trinajstić information content (AvgIpc) is 2.19. The molecule has 0 amide bonds. The molecule has 0 fully saturated rings. The van der Waals surface area contributed by atoms with Gasteiger partial charge in [-0.25, -0.2) is 0 Å². The van der Waals surface area contributed by atoms with Crippen molar-refractivity contribution in [3.05, 3.63) is 0 Å². The van der Waals surface area contributed by atoms with Crippen molar-refractivity contribution in [3.63, 3.8) is 0 Å². The number of carbonyl (C=O) groups is 3. The fraction of sp³-hybridized carbons (Fsp3) is 0.571. The zero-order valence-electron chi connectivity index (χ0n) is 8.24. The van der Waals surface area contributed by atoms with Crippen molar-refractivity contribution in [1.82, 2.24) is 0 Å². The molecule has 6 nitrogen and oxygen atoms in total. The topological polar surface area (TPSA) is 112 Å². The van der Waals surface area contributed by atoms with Gasteiger partial charge in [0.25, 0.3) is 0 Å². The zero-order valence-corrected chi connectivity index (χ0v) is 10.9. The van der Waals surface area contributed by atoms with Crippen molar-refractivity contribution >= 4 is 55.8 Å². The molecule has 16 heavy (non-hydrogen) atoms. The van der Waals surface area contributed by atoms with Gasteiger partial charge in [-0.2, -0.15) is 37.9 Å². The third-order valence-corrected chi connectivity index (χ3v) is 1.36. The minimum absolute atomic E-state index is 0.0833. The molecule has 0 radical (unpaired) electrons. The van der Waals surface area contributed by atoms with E-state index in [1.54, 1.807) is 0 Å². The quantitative estimate of drug-likeness (QED) is 0.418. The highest BCUT2D eigenvalue weighted by Gasteiger charge is 1.88. The van der Waals surface area contributed by atoms with Gasteiger partial charge in [0.1, 0.15) is 0 Å². The van der Waals surface area contributed by atoms with Crippen LogP contribution < -0.4 is 0 Å². The fourth-order valence-corrected chi connectivity index (χ4v) is 0.287. The Labute approximate surface area is 109 Å². The molecular weight excluding hydrogens is 276 g/mol. The Balaban J connectivity index is -0.000000160. The monoisotopic (exact) mass is 290 g/mol. The fourth-order valence-electron chi connectivity index (χ4n) is 0.0956. The van der Waals surface area contributed by atoms with Gasteiger partial charge in [-0.3, -0.25) is 14.4 Å². The van der Waals surface area contributed by atoms with Crippen molar-refractivity contribution < 1.29 is 29.7 Å². The van der Waals surface area contributed by atoms with Crippen molar-refractivity contribution in [2.24, 2.45) is 0 Å². The van der Waals surface area contributed by atoms with E-state index in [0.29, 0.717) is 5.75 Å². The molecule has 0 aliphatic rings. The van der Waals surface area contributed by atoms with Crippen LogP contribution in [-0.4, -0.2) is 50.5 Å². The minimum atomic E-state index is -0.881. The third-order valence-electron chi connectivity index (χ3n) is 0.596. The van der Waals surface area contributed by atoms with Crippen LogP contribution in [-0.2, 0) is 14.4 Å². The second-order valence-corrected chi connectivity index (χ2v) is 3.05. The van der Waals surface area contributed by atoms with Crippen LogP contribution in [0, 0.1) is 0 Å². The van der Waals surface area contributed by atoms with Gasteiger partial charge >= 0.3 is 17.9 Å². The molecule has 96 valence electrons. The lowest BCUT2D eigenvalue weighted by molar-refractivity contribution is -0.137. The first kappa shape index (κ1) is 20.8. The summed E-state index contributed by atoms with van der Waals surface area (Å²) in [6, 6.07) is 0. The number of carboxylic acid groups (broad SMARTS) is 3. The van der Waals surface area contributed by atoms with Crippen LogP contribution in [0.15, 0.2) is 0 Å². The van der Waals surface area contributed by atoms with Crippen LogP contribution in [0.2, 0.25) is 0 Å². The Hall–Kier alpha value is -0.540. The van der Waals surface area contributed by atoms with E-state index in [0.717, 1.165) is 0 Å². The molecule has 0 aromatic rings. The summed E-state index contributed by atoms with van der Waals surface area (Å²) < 4.78 is 0. The average molecular weight is 290 g/mol. The van der Waals surface area contributed by atoms with Crippen LogP contribution in [0.4, 0.5) is 0 Å². The molecule has 0 bridgehead atoms. The Morgan fingerprint density at radius 2 is 1.00 bits per heavy atom. The highest BCUT2D eigenvalue weighted by Crippen LogP contribution is 1.79. The first-order chi connectivity index (χ1) is 7.31. The molecular formula is C7H14O6S3. The van der Waals surface area contributed by atoms with Crippen LogP contribution in [0.5, 0.6) is 0 Å². The lowest BCUT2D eigenvalue weighted by Crippen LogP contribution is -1.93. The molecule has 0 aromatic carbocycles. The molecule has 9 heteroatoms. The van der Waals surface area contributed by atoms with Gasteiger partial charge in [0, 0.05) is 5.75 Å². The van der Waals surface area contributed by atoms with Crippen molar-refractivity contribution in [2.75, 3.05) is 17.3 Å². The first-order valence-corrected chi connectivity index (χ1v) is 5.69. The number of rotatable bonds is 4. The Kier molecular flexibility index (Phi) is 22.0. The van der Waals surface area contributed by atoms with Gasteiger partial charge in [0.05, 0.1) is 17.9 Å². The molecule has 0 saturated heterocycles. The van der Waals surface area contributed by atoms with Crippen molar-refractivity contribution in [1.29, 1.82) is 0 Å². The summed E-state index contributed by atoms with van der Waals surface area (Å²) in [7, 11) is 0. The van der Waals surface area contributed by atoms with E-state index in [9.17, 15) is 14.4 Å². The van der Waals surface area contributed by atoms with Crippen molar-refractivity contribution in [3.8, 4) is 0 Å². The number of thiol groups is 3. The summed E-state index contributed by atoms with van der Waals surface area (Å²) in [5.41, 5.74) is 0. The number of hydrogen-bond donors (Lipinski definition) is 6. The predicted molar refractivity (Wildman–Crippen MR) is 69.1 cm³/mol. The summed E-state index contributed by atoms with van der Waals surface area (Å²) in [5, 5.41) is 23.2. The Morgan fingerprint density at radius 1 is 0.750 bits per heavy atom. The normalized spacial score (nSPS) is 7.69.